The Hall–Kier alpha value is -3.68. The highest BCUT2D eigenvalue weighted by Gasteiger charge is 2.21. The van der Waals surface area contributed by atoms with Crippen LogP contribution in [-0.2, 0) is 9.59 Å². The third-order valence-corrected chi connectivity index (χ3v) is 4.19. The van der Waals surface area contributed by atoms with Gasteiger partial charge < -0.3 is 10.4 Å². The number of carbonyl (C=O) groups is 2. The summed E-state index contributed by atoms with van der Waals surface area (Å²) in [5.74, 6) is -0.202. The smallest absolute Gasteiger partial charge is 0.240 e. The highest BCUT2D eigenvalue weighted by Crippen LogP contribution is 2.21. The van der Waals surface area contributed by atoms with Crippen LogP contribution in [0.3, 0.4) is 0 Å². The molecule has 0 aromatic heterocycles. The van der Waals surface area contributed by atoms with E-state index in [1.165, 1.54) is 19.2 Å². The number of hydrogen-bond acceptors (Lipinski definition) is 6. The summed E-state index contributed by atoms with van der Waals surface area (Å²) in [5, 5.41) is 20.9. The molecule has 4 N–H and O–H groups in total. The number of nitrogens with zero attached hydrogens (tertiary/aromatic N) is 2. The third-order valence-electron chi connectivity index (χ3n) is 4.19. The minimum absolute atomic E-state index is 0.0125. The van der Waals surface area contributed by atoms with Gasteiger partial charge in [0.25, 0.3) is 0 Å². The molecule has 3 rings (SSSR count). The second-order valence-corrected chi connectivity index (χ2v) is 6.54. The Morgan fingerprint density at radius 2 is 1.96 bits per heavy atom. The zero-order valence-corrected chi connectivity index (χ0v) is 15.6. The standard InChI is InChI=1S/C20H21N5O3/c1-12-9-19(28)24-25-20(12)14-3-6-16(7-4-14)23-21-11-15-5-8-17(10-18(15)27)22-13(2)26/h3-8,10-12,23,27H,9H2,1-2H3,(H,22,26)(H,24,28)/b21-11+. The lowest BCUT2D eigenvalue weighted by atomic mass is 9.94. The van der Waals surface area contributed by atoms with Crippen LogP contribution >= 0.6 is 0 Å². The molecule has 144 valence electrons. The van der Waals surface area contributed by atoms with Crippen molar-refractivity contribution in [1.82, 2.24) is 5.43 Å². The maximum absolute atomic E-state index is 11.3. The average Bonchev–Trinajstić information content (AvgIpc) is 2.64. The average molecular weight is 379 g/mol. The number of anilines is 2. The molecular formula is C20H21N5O3. The van der Waals surface area contributed by atoms with E-state index in [0.29, 0.717) is 17.7 Å². The number of phenolic OH excluding ortho intramolecular Hbond substituents is 1. The van der Waals surface area contributed by atoms with Crippen LogP contribution in [0.25, 0.3) is 0 Å². The molecule has 1 aliphatic rings. The summed E-state index contributed by atoms with van der Waals surface area (Å²) in [6, 6.07) is 12.3. The first kappa shape index (κ1) is 19.1. The summed E-state index contributed by atoms with van der Waals surface area (Å²) in [4.78, 5) is 22.4. The van der Waals surface area contributed by atoms with E-state index in [9.17, 15) is 14.7 Å². The van der Waals surface area contributed by atoms with Gasteiger partial charge in [-0.1, -0.05) is 19.1 Å². The van der Waals surface area contributed by atoms with Crippen molar-refractivity contribution in [1.29, 1.82) is 0 Å². The van der Waals surface area contributed by atoms with Crippen molar-refractivity contribution in [2.75, 3.05) is 10.7 Å². The van der Waals surface area contributed by atoms with Crippen LogP contribution in [0.4, 0.5) is 11.4 Å². The summed E-state index contributed by atoms with van der Waals surface area (Å²) in [6.45, 7) is 3.37. The Kier molecular flexibility index (Phi) is 5.69. The number of rotatable bonds is 5. The molecule has 2 aromatic rings. The molecule has 0 aliphatic carbocycles. The molecule has 28 heavy (non-hydrogen) atoms. The Labute approximate surface area is 162 Å². The van der Waals surface area contributed by atoms with E-state index in [1.54, 1.807) is 12.1 Å². The first-order chi connectivity index (χ1) is 13.4. The first-order valence-corrected chi connectivity index (χ1v) is 8.79. The van der Waals surface area contributed by atoms with Crippen LogP contribution in [0.5, 0.6) is 5.75 Å². The van der Waals surface area contributed by atoms with Gasteiger partial charge >= 0.3 is 0 Å². The van der Waals surface area contributed by atoms with E-state index in [2.05, 4.69) is 26.4 Å². The molecule has 0 bridgehead atoms. The van der Waals surface area contributed by atoms with E-state index in [4.69, 9.17) is 0 Å². The molecular weight excluding hydrogens is 358 g/mol. The number of hydrogen-bond donors (Lipinski definition) is 4. The lowest BCUT2D eigenvalue weighted by Gasteiger charge is -2.19. The van der Waals surface area contributed by atoms with E-state index in [-0.39, 0.29) is 23.5 Å². The molecule has 1 atom stereocenters. The van der Waals surface area contributed by atoms with Gasteiger partial charge in [-0.15, -0.1) is 0 Å². The topological polar surface area (TPSA) is 115 Å². The van der Waals surface area contributed by atoms with Gasteiger partial charge in [-0.05, 0) is 29.8 Å². The van der Waals surface area contributed by atoms with Crippen LogP contribution in [0.1, 0.15) is 31.4 Å². The Bertz CT molecular complexity index is 951. The van der Waals surface area contributed by atoms with Crippen molar-refractivity contribution in [2.45, 2.75) is 20.3 Å². The zero-order valence-electron chi connectivity index (χ0n) is 15.6. The molecule has 1 unspecified atom stereocenters. The lowest BCUT2D eigenvalue weighted by molar-refractivity contribution is -0.122. The predicted molar refractivity (Wildman–Crippen MR) is 109 cm³/mol. The number of nitrogens with one attached hydrogen (secondary N) is 3. The van der Waals surface area contributed by atoms with E-state index in [1.807, 2.05) is 31.2 Å². The number of hydrazone groups is 2. The number of carbonyl (C=O) groups excluding carboxylic acids is 2. The minimum atomic E-state index is -0.207. The van der Waals surface area contributed by atoms with Crippen molar-refractivity contribution in [3.8, 4) is 5.75 Å². The zero-order chi connectivity index (χ0) is 20.1. The van der Waals surface area contributed by atoms with E-state index in [0.717, 1.165) is 17.0 Å². The number of amides is 2. The second-order valence-electron chi connectivity index (χ2n) is 6.54. The maximum Gasteiger partial charge on any atom is 0.240 e. The lowest BCUT2D eigenvalue weighted by Crippen LogP contribution is -2.31. The fourth-order valence-electron chi connectivity index (χ4n) is 2.83. The summed E-state index contributed by atoms with van der Waals surface area (Å²) >= 11 is 0. The number of benzene rings is 2. The fourth-order valence-corrected chi connectivity index (χ4v) is 2.83. The largest absolute Gasteiger partial charge is 0.507 e. The van der Waals surface area contributed by atoms with E-state index >= 15 is 0 Å². The predicted octanol–water partition coefficient (Wildman–Crippen LogP) is 2.66. The number of aromatic hydroxyl groups is 1. The summed E-state index contributed by atoms with van der Waals surface area (Å²) in [6.07, 6.45) is 1.91. The molecule has 0 fully saturated rings. The molecule has 8 heteroatoms. The molecule has 1 heterocycles. The van der Waals surface area contributed by atoms with Gasteiger partial charge in [-0.2, -0.15) is 10.2 Å². The molecule has 0 radical (unpaired) electrons. The summed E-state index contributed by atoms with van der Waals surface area (Å²) in [5.41, 5.74) is 8.98. The summed E-state index contributed by atoms with van der Waals surface area (Å²) < 4.78 is 0. The molecule has 8 nitrogen and oxygen atoms in total. The molecule has 2 amide bonds. The van der Waals surface area contributed by atoms with Gasteiger partial charge in [0.15, 0.2) is 0 Å². The highest BCUT2D eigenvalue weighted by molar-refractivity contribution is 6.05. The van der Waals surface area contributed by atoms with Gasteiger partial charge in [0.1, 0.15) is 5.75 Å². The van der Waals surface area contributed by atoms with Gasteiger partial charge in [-0.3, -0.25) is 15.0 Å². The normalized spacial score (nSPS) is 16.4. The Morgan fingerprint density at radius 3 is 2.61 bits per heavy atom. The highest BCUT2D eigenvalue weighted by atomic mass is 16.3. The van der Waals surface area contributed by atoms with E-state index < -0.39 is 0 Å². The van der Waals surface area contributed by atoms with Crippen LogP contribution in [0.2, 0.25) is 0 Å². The van der Waals surface area contributed by atoms with Crippen molar-refractivity contribution >= 4 is 35.1 Å². The van der Waals surface area contributed by atoms with Gasteiger partial charge in [0, 0.05) is 36.6 Å². The van der Waals surface area contributed by atoms with Crippen LogP contribution < -0.4 is 16.2 Å². The molecule has 0 saturated heterocycles. The molecule has 0 saturated carbocycles. The Morgan fingerprint density at radius 1 is 1.25 bits per heavy atom. The number of phenols is 1. The van der Waals surface area contributed by atoms with Crippen molar-refractivity contribution in [2.24, 2.45) is 16.1 Å². The Balaban J connectivity index is 1.63. The van der Waals surface area contributed by atoms with Crippen LogP contribution in [0, 0.1) is 5.92 Å². The maximum atomic E-state index is 11.3. The van der Waals surface area contributed by atoms with Crippen molar-refractivity contribution in [3.05, 3.63) is 53.6 Å². The quantitative estimate of drug-likeness (QED) is 0.472. The van der Waals surface area contributed by atoms with Gasteiger partial charge in [0.05, 0.1) is 17.6 Å². The van der Waals surface area contributed by atoms with Crippen molar-refractivity contribution in [3.63, 3.8) is 0 Å². The fraction of sp³-hybridized carbons (Fsp3) is 0.200. The van der Waals surface area contributed by atoms with Crippen LogP contribution in [0.15, 0.2) is 52.7 Å². The molecule has 0 spiro atoms. The monoisotopic (exact) mass is 379 g/mol. The molecule has 2 aromatic carbocycles. The minimum Gasteiger partial charge on any atom is -0.507 e. The van der Waals surface area contributed by atoms with Crippen molar-refractivity contribution < 1.29 is 14.7 Å². The first-order valence-electron chi connectivity index (χ1n) is 8.79. The third kappa shape index (κ3) is 4.73. The van der Waals surface area contributed by atoms with Crippen LogP contribution in [-0.4, -0.2) is 28.8 Å². The second kappa shape index (κ2) is 8.34. The SMILES string of the molecule is CC(=O)Nc1ccc(/C=N/Nc2ccc(C3=NNC(=O)CC3C)cc2)c(O)c1. The van der Waals surface area contributed by atoms with Gasteiger partial charge in [-0.25, -0.2) is 5.43 Å². The van der Waals surface area contributed by atoms with Gasteiger partial charge in [0.2, 0.25) is 11.8 Å². The molecule has 1 aliphatic heterocycles. The summed E-state index contributed by atoms with van der Waals surface area (Å²) in [7, 11) is 0.